The molecule has 0 aliphatic carbocycles. The van der Waals surface area contributed by atoms with E-state index in [-0.39, 0.29) is 0 Å². The molecule has 3 aromatic rings. The highest BCUT2D eigenvalue weighted by molar-refractivity contribution is 7.19. The molecule has 1 aromatic carbocycles. The molecular weight excluding hydrogens is 296 g/mol. The molecule has 0 aliphatic heterocycles. The summed E-state index contributed by atoms with van der Waals surface area (Å²) in [6.07, 6.45) is 1.89. The van der Waals surface area contributed by atoms with E-state index in [4.69, 9.17) is 17.3 Å². The molecule has 0 fully saturated rings. The first kappa shape index (κ1) is 12.7. The lowest BCUT2D eigenvalue weighted by molar-refractivity contribution is 1.53. The topological polar surface area (TPSA) is 38.9 Å². The third-order valence-electron chi connectivity index (χ3n) is 2.95. The van der Waals surface area contributed by atoms with Crippen LogP contribution in [0.15, 0.2) is 36.5 Å². The van der Waals surface area contributed by atoms with Crippen molar-refractivity contribution < 1.29 is 0 Å². The summed E-state index contributed by atoms with van der Waals surface area (Å²) in [5.41, 5.74) is 10.2. The van der Waals surface area contributed by atoms with Gasteiger partial charge in [0, 0.05) is 32.8 Å². The van der Waals surface area contributed by atoms with Gasteiger partial charge in [-0.05, 0) is 42.2 Å². The molecule has 19 heavy (non-hydrogen) atoms. The van der Waals surface area contributed by atoms with Crippen molar-refractivity contribution >= 4 is 40.2 Å². The molecule has 96 valence electrons. The maximum Gasteiger partial charge on any atom is 0.0934 e. The van der Waals surface area contributed by atoms with Gasteiger partial charge in [-0.15, -0.1) is 11.3 Å². The minimum atomic E-state index is 0.765. The predicted molar refractivity (Wildman–Crippen MR) is 85.0 cm³/mol. The van der Waals surface area contributed by atoms with E-state index in [1.807, 2.05) is 30.5 Å². The second-order valence-corrected chi connectivity index (χ2v) is 6.92. The molecule has 0 unspecified atom stereocenters. The summed E-state index contributed by atoms with van der Waals surface area (Å²) in [5.74, 6) is 0. The minimum Gasteiger partial charge on any atom is -0.398 e. The molecule has 0 saturated carbocycles. The lowest BCUT2D eigenvalue weighted by Crippen LogP contribution is -1.90. The van der Waals surface area contributed by atoms with E-state index in [9.17, 15) is 0 Å². The standard InChI is InChI=1S/C14H11ClN2S2/c1-8-11(7-17-19-8)9-2-3-10(12(16)6-9)13-4-5-14(15)18-13/h2-7H,16H2,1H3. The van der Waals surface area contributed by atoms with Gasteiger partial charge < -0.3 is 5.73 Å². The zero-order valence-corrected chi connectivity index (χ0v) is 12.6. The van der Waals surface area contributed by atoms with E-state index >= 15 is 0 Å². The zero-order valence-electron chi connectivity index (χ0n) is 10.2. The number of hydrogen-bond acceptors (Lipinski definition) is 4. The van der Waals surface area contributed by atoms with Crippen LogP contribution in [0.25, 0.3) is 21.6 Å². The smallest absolute Gasteiger partial charge is 0.0934 e. The SMILES string of the molecule is Cc1sncc1-c1ccc(-c2ccc(Cl)s2)c(N)c1. The second kappa shape index (κ2) is 4.96. The van der Waals surface area contributed by atoms with Crippen LogP contribution in [0.3, 0.4) is 0 Å². The molecule has 3 rings (SSSR count). The van der Waals surface area contributed by atoms with Crippen LogP contribution in [0.4, 0.5) is 5.69 Å². The molecule has 5 heteroatoms. The molecule has 0 saturated heterocycles. The number of nitrogens with two attached hydrogens (primary N) is 1. The van der Waals surface area contributed by atoms with Crippen molar-refractivity contribution in [2.45, 2.75) is 6.92 Å². The van der Waals surface area contributed by atoms with Crippen LogP contribution in [0.5, 0.6) is 0 Å². The molecule has 0 atom stereocenters. The Kier molecular flexibility index (Phi) is 3.31. The Morgan fingerprint density at radius 1 is 1.16 bits per heavy atom. The summed E-state index contributed by atoms with van der Waals surface area (Å²) in [5, 5.41) is 0. The van der Waals surface area contributed by atoms with Crippen LogP contribution in [-0.2, 0) is 0 Å². The first-order valence-electron chi connectivity index (χ1n) is 5.72. The van der Waals surface area contributed by atoms with Gasteiger partial charge in [-0.25, -0.2) is 4.37 Å². The molecule has 2 heterocycles. The third-order valence-corrected chi connectivity index (χ3v) is 4.92. The molecule has 0 amide bonds. The Morgan fingerprint density at radius 3 is 2.58 bits per heavy atom. The highest BCUT2D eigenvalue weighted by atomic mass is 35.5. The number of nitrogens with zero attached hydrogens (tertiary/aromatic N) is 1. The van der Waals surface area contributed by atoms with Gasteiger partial charge >= 0.3 is 0 Å². The summed E-state index contributed by atoms with van der Waals surface area (Å²) in [6.45, 7) is 2.07. The fraction of sp³-hybridized carbons (Fsp3) is 0.0714. The van der Waals surface area contributed by atoms with Crippen molar-refractivity contribution in [1.29, 1.82) is 0 Å². The van der Waals surface area contributed by atoms with Crippen molar-refractivity contribution in [3.8, 4) is 21.6 Å². The number of rotatable bonds is 2. The molecule has 0 spiro atoms. The zero-order chi connectivity index (χ0) is 13.4. The quantitative estimate of drug-likeness (QED) is 0.670. The number of thiophene rings is 1. The molecule has 0 bridgehead atoms. The van der Waals surface area contributed by atoms with Gasteiger partial charge in [0.05, 0.1) is 4.34 Å². The maximum atomic E-state index is 6.17. The van der Waals surface area contributed by atoms with Crippen LogP contribution < -0.4 is 5.73 Å². The van der Waals surface area contributed by atoms with Crippen molar-refractivity contribution in [1.82, 2.24) is 4.37 Å². The predicted octanol–water partition coefficient (Wildman–Crippen LogP) is 5.08. The summed E-state index contributed by atoms with van der Waals surface area (Å²) >= 11 is 9.01. The molecule has 0 aliphatic rings. The molecule has 2 N–H and O–H groups in total. The monoisotopic (exact) mass is 306 g/mol. The van der Waals surface area contributed by atoms with E-state index in [1.165, 1.54) is 27.7 Å². The van der Waals surface area contributed by atoms with Gasteiger partial charge in [0.15, 0.2) is 0 Å². The van der Waals surface area contributed by atoms with E-state index in [2.05, 4.69) is 17.4 Å². The largest absolute Gasteiger partial charge is 0.398 e. The molecule has 0 radical (unpaired) electrons. The maximum absolute atomic E-state index is 6.17. The first-order chi connectivity index (χ1) is 9.15. The molecule has 2 aromatic heterocycles. The van der Waals surface area contributed by atoms with E-state index < -0.39 is 0 Å². The van der Waals surface area contributed by atoms with Gasteiger partial charge in [-0.3, -0.25) is 0 Å². The van der Waals surface area contributed by atoms with Gasteiger partial charge in [0.2, 0.25) is 0 Å². The summed E-state index contributed by atoms with van der Waals surface area (Å²) in [6, 6.07) is 10.0. The average Bonchev–Trinajstić information content (AvgIpc) is 2.98. The number of aromatic nitrogens is 1. The van der Waals surface area contributed by atoms with Crippen molar-refractivity contribution in [3.05, 3.63) is 45.7 Å². The lowest BCUT2D eigenvalue weighted by Gasteiger charge is -2.06. The van der Waals surface area contributed by atoms with Crippen molar-refractivity contribution in [2.24, 2.45) is 0 Å². The minimum absolute atomic E-state index is 0.765. The highest BCUT2D eigenvalue weighted by Crippen LogP contribution is 2.37. The van der Waals surface area contributed by atoms with Gasteiger partial charge in [-0.1, -0.05) is 23.7 Å². The highest BCUT2D eigenvalue weighted by Gasteiger charge is 2.09. The van der Waals surface area contributed by atoms with Gasteiger partial charge in [0.25, 0.3) is 0 Å². The normalized spacial score (nSPS) is 10.8. The number of nitrogen functional groups attached to an aromatic ring is 1. The number of hydrogen-bond donors (Lipinski definition) is 1. The molecular formula is C14H11ClN2S2. The lowest BCUT2D eigenvalue weighted by atomic mass is 10.0. The number of benzene rings is 1. The van der Waals surface area contributed by atoms with Crippen molar-refractivity contribution in [3.63, 3.8) is 0 Å². The van der Waals surface area contributed by atoms with Crippen LogP contribution in [-0.4, -0.2) is 4.37 Å². The fourth-order valence-corrected chi connectivity index (χ4v) is 3.67. The third kappa shape index (κ3) is 2.39. The van der Waals surface area contributed by atoms with Crippen LogP contribution >= 0.6 is 34.5 Å². The van der Waals surface area contributed by atoms with Crippen LogP contribution in [0.1, 0.15) is 4.88 Å². The van der Waals surface area contributed by atoms with E-state index in [1.54, 1.807) is 0 Å². The van der Waals surface area contributed by atoms with Crippen molar-refractivity contribution in [2.75, 3.05) is 5.73 Å². The number of halogens is 1. The second-order valence-electron chi connectivity index (χ2n) is 4.20. The first-order valence-corrected chi connectivity index (χ1v) is 7.69. The summed E-state index contributed by atoms with van der Waals surface area (Å²) < 4.78 is 4.97. The summed E-state index contributed by atoms with van der Waals surface area (Å²) in [7, 11) is 0. The Hall–Kier alpha value is -1.36. The average molecular weight is 307 g/mol. The Morgan fingerprint density at radius 2 is 2.00 bits per heavy atom. The van der Waals surface area contributed by atoms with E-state index in [0.29, 0.717) is 0 Å². The molecule has 2 nitrogen and oxygen atoms in total. The van der Waals surface area contributed by atoms with E-state index in [0.717, 1.165) is 31.6 Å². The summed E-state index contributed by atoms with van der Waals surface area (Å²) in [4.78, 5) is 2.29. The van der Waals surface area contributed by atoms with Gasteiger partial charge in [0.1, 0.15) is 0 Å². The number of anilines is 1. The number of aryl methyl sites for hydroxylation is 1. The fourth-order valence-electron chi connectivity index (χ4n) is 1.99. The van der Waals surface area contributed by atoms with Gasteiger partial charge in [-0.2, -0.15) is 0 Å². The Labute approximate surface area is 124 Å². The Bertz CT molecular complexity index is 731. The van der Waals surface area contributed by atoms with Crippen LogP contribution in [0.2, 0.25) is 4.34 Å². The Balaban J connectivity index is 2.06. The van der Waals surface area contributed by atoms with Crippen LogP contribution in [0, 0.1) is 6.92 Å².